The molecule has 0 spiro atoms. The van der Waals surface area contributed by atoms with Gasteiger partial charge in [-0.2, -0.15) is 0 Å². The molecule has 0 amide bonds. The zero-order valence-electron chi connectivity index (χ0n) is 16.0. The van der Waals surface area contributed by atoms with Crippen molar-refractivity contribution in [1.29, 1.82) is 0 Å². The Bertz CT molecular complexity index is 1120. The number of nitrogens with one attached hydrogen (secondary N) is 2. The number of anilines is 1. The van der Waals surface area contributed by atoms with E-state index in [9.17, 15) is 8.42 Å². The molecule has 1 fully saturated rings. The summed E-state index contributed by atoms with van der Waals surface area (Å²) in [5.41, 5.74) is 2.64. The molecule has 7 heteroatoms. The molecule has 2 aromatic carbocycles. The third-order valence-electron chi connectivity index (χ3n) is 5.38. The summed E-state index contributed by atoms with van der Waals surface area (Å²) in [6, 6.07) is 12.6. The molecule has 0 bridgehead atoms. The molecule has 0 saturated carbocycles. The lowest BCUT2D eigenvalue weighted by atomic mass is 10.1. The molecule has 1 aliphatic rings. The number of pyridine rings is 1. The third kappa shape index (κ3) is 3.48. The fraction of sp³-hybridized carbons (Fsp3) is 0.286. The lowest BCUT2D eigenvalue weighted by Gasteiger charge is -2.32. The van der Waals surface area contributed by atoms with Crippen molar-refractivity contribution < 1.29 is 18.3 Å². The van der Waals surface area contributed by atoms with E-state index < -0.39 is 9.84 Å². The number of benzene rings is 2. The summed E-state index contributed by atoms with van der Waals surface area (Å²) in [6.45, 7) is 5.47. The minimum absolute atomic E-state index is 0.297. The molecule has 0 unspecified atom stereocenters. The third-order valence-corrected chi connectivity index (χ3v) is 7.40. The topological polar surface area (TPSA) is 56.0 Å². The van der Waals surface area contributed by atoms with Gasteiger partial charge in [0, 0.05) is 11.1 Å². The maximum absolute atomic E-state index is 13.5. The molecule has 2 heterocycles. The first-order valence-corrected chi connectivity index (χ1v) is 11.2. The smallest absolute Gasteiger partial charge is 0.214 e. The maximum atomic E-state index is 13.5. The fourth-order valence-electron chi connectivity index (χ4n) is 3.67. The summed E-state index contributed by atoms with van der Waals surface area (Å²) in [6.07, 6.45) is 1.62. The predicted molar refractivity (Wildman–Crippen MR) is 111 cm³/mol. The zero-order valence-corrected chi connectivity index (χ0v) is 17.6. The van der Waals surface area contributed by atoms with Gasteiger partial charge in [0.2, 0.25) is 15.4 Å². The summed E-state index contributed by atoms with van der Waals surface area (Å²) >= 11 is 6.27. The summed E-state index contributed by atoms with van der Waals surface area (Å²) in [5.74, 6) is 0. The van der Waals surface area contributed by atoms with Crippen molar-refractivity contribution in [3.8, 4) is 0 Å². The second kappa shape index (κ2) is 7.35. The van der Waals surface area contributed by atoms with Crippen molar-refractivity contribution in [2.24, 2.45) is 0 Å². The Hall–Kier alpha value is -2.15. The number of aryl methyl sites for hydroxylation is 1. The number of sulfone groups is 1. The number of fused-ring (bicyclic) bond motifs is 1. The van der Waals surface area contributed by atoms with Crippen LogP contribution in [0.3, 0.4) is 0 Å². The molecule has 0 radical (unpaired) electrons. The number of H-pyrrole nitrogens is 1. The predicted octanol–water partition coefficient (Wildman–Crippen LogP) is 1.78. The Kier molecular flexibility index (Phi) is 5.04. The first kappa shape index (κ1) is 19.2. The lowest BCUT2D eigenvalue weighted by molar-refractivity contribution is -0.880. The van der Waals surface area contributed by atoms with Crippen molar-refractivity contribution in [1.82, 2.24) is 0 Å². The molecule has 1 aromatic heterocycles. The van der Waals surface area contributed by atoms with E-state index in [-0.39, 0.29) is 0 Å². The SMILES string of the molecule is Cc1ccc(S(=O)(=O)c2c[nH+]c3ccc(Cl)cc3c2N2CC[NH+](C)CC2)cc1. The molecule has 2 N–H and O–H groups in total. The number of nitrogens with zero attached hydrogens (tertiary/aromatic N) is 1. The van der Waals surface area contributed by atoms with Crippen molar-refractivity contribution in [2.75, 3.05) is 38.1 Å². The second-order valence-electron chi connectivity index (χ2n) is 7.45. The summed E-state index contributed by atoms with van der Waals surface area (Å²) < 4.78 is 27.0. The van der Waals surface area contributed by atoms with Crippen molar-refractivity contribution in [3.05, 3.63) is 59.2 Å². The molecule has 1 aliphatic heterocycles. The fourth-order valence-corrected chi connectivity index (χ4v) is 5.30. The van der Waals surface area contributed by atoms with E-state index in [1.807, 2.05) is 37.3 Å². The van der Waals surface area contributed by atoms with Gasteiger partial charge in [0.15, 0.2) is 11.1 Å². The molecular formula is C21H24ClN3O2S+2. The minimum Gasteiger partial charge on any atom is -0.358 e. The highest BCUT2D eigenvalue weighted by atomic mass is 35.5. The van der Waals surface area contributed by atoms with Crippen LogP contribution in [0.2, 0.25) is 5.02 Å². The quantitative estimate of drug-likeness (QED) is 0.706. The van der Waals surface area contributed by atoms with Gasteiger partial charge in [-0.25, -0.2) is 13.4 Å². The van der Waals surface area contributed by atoms with E-state index in [2.05, 4.69) is 16.9 Å². The number of hydrogen-bond donors (Lipinski definition) is 1. The average molecular weight is 418 g/mol. The largest absolute Gasteiger partial charge is 0.358 e. The van der Waals surface area contributed by atoms with Crippen LogP contribution in [0.4, 0.5) is 5.69 Å². The standard InChI is InChI=1S/C21H22ClN3O2S/c1-15-3-6-17(7-4-15)28(26,27)20-14-23-19-8-5-16(22)13-18(19)21(20)25-11-9-24(2)10-12-25/h3-8,13-14H,9-12H2,1-2H3/p+2. The summed E-state index contributed by atoms with van der Waals surface area (Å²) in [7, 11) is -1.51. The first-order chi connectivity index (χ1) is 13.4. The van der Waals surface area contributed by atoms with Gasteiger partial charge in [0.25, 0.3) is 0 Å². The number of hydrogen-bond acceptors (Lipinski definition) is 3. The van der Waals surface area contributed by atoms with E-state index in [0.717, 1.165) is 48.3 Å². The number of aromatic amines is 1. The second-order valence-corrected chi connectivity index (χ2v) is 9.81. The molecule has 0 atom stereocenters. The van der Waals surface area contributed by atoms with Crippen LogP contribution in [0.25, 0.3) is 10.9 Å². The van der Waals surface area contributed by atoms with Gasteiger partial charge in [0.1, 0.15) is 0 Å². The van der Waals surface area contributed by atoms with Crippen LogP contribution in [0.15, 0.2) is 58.5 Å². The zero-order chi connectivity index (χ0) is 19.9. The monoisotopic (exact) mass is 417 g/mol. The molecule has 1 saturated heterocycles. The Labute approximate surface area is 170 Å². The van der Waals surface area contributed by atoms with E-state index in [4.69, 9.17) is 11.6 Å². The minimum atomic E-state index is -3.68. The molecule has 3 aromatic rings. The Morgan fingerprint density at radius 1 is 1.07 bits per heavy atom. The highest BCUT2D eigenvalue weighted by Gasteiger charge is 2.31. The first-order valence-electron chi connectivity index (χ1n) is 9.38. The Balaban J connectivity index is 1.95. The van der Waals surface area contributed by atoms with Gasteiger partial charge < -0.3 is 9.80 Å². The molecular weight excluding hydrogens is 394 g/mol. The number of rotatable bonds is 3. The molecule has 5 nitrogen and oxygen atoms in total. The van der Waals surface area contributed by atoms with Crippen molar-refractivity contribution in [2.45, 2.75) is 16.7 Å². The van der Waals surface area contributed by atoms with E-state index in [0.29, 0.717) is 14.8 Å². The van der Waals surface area contributed by atoms with Gasteiger partial charge in [-0.15, -0.1) is 0 Å². The summed E-state index contributed by atoms with van der Waals surface area (Å²) in [4.78, 5) is 7.38. The van der Waals surface area contributed by atoms with Crippen LogP contribution in [0, 0.1) is 6.92 Å². The number of halogens is 1. The van der Waals surface area contributed by atoms with Gasteiger partial charge >= 0.3 is 0 Å². The van der Waals surface area contributed by atoms with Gasteiger partial charge in [-0.3, -0.25) is 0 Å². The van der Waals surface area contributed by atoms with E-state index in [1.54, 1.807) is 18.3 Å². The molecule has 0 aliphatic carbocycles. The Morgan fingerprint density at radius 2 is 1.75 bits per heavy atom. The van der Waals surface area contributed by atoms with Crippen molar-refractivity contribution >= 4 is 38.0 Å². The highest BCUT2D eigenvalue weighted by Crippen LogP contribution is 2.35. The van der Waals surface area contributed by atoms with Gasteiger partial charge in [-0.1, -0.05) is 29.3 Å². The van der Waals surface area contributed by atoms with Crippen LogP contribution in [-0.2, 0) is 9.84 Å². The van der Waals surface area contributed by atoms with E-state index in [1.165, 1.54) is 4.90 Å². The van der Waals surface area contributed by atoms with Crippen LogP contribution in [-0.4, -0.2) is 41.6 Å². The average Bonchev–Trinajstić information content (AvgIpc) is 2.68. The molecule has 4 rings (SSSR count). The van der Waals surface area contributed by atoms with Gasteiger partial charge in [-0.05, 0) is 31.2 Å². The normalized spacial score (nSPS) is 15.9. The van der Waals surface area contributed by atoms with Crippen LogP contribution >= 0.6 is 11.6 Å². The molecule has 146 valence electrons. The lowest BCUT2D eigenvalue weighted by Crippen LogP contribution is -3.12. The molecule has 28 heavy (non-hydrogen) atoms. The number of likely N-dealkylation sites (N-methyl/N-ethyl adjacent to an activating group) is 1. The van der Waals surface area contributed by atoms with Crippen molar-refractivity contribution in [3.63, 3.8) is 0 Å². The summed E-state index contributed by atoms with van der Waals surface area (Å²) in [5, 5.41) is 1.42. The van der Waals surface area contributed by atoms with Crippen LogP contribution in [0.1, 0.15) is 5.56 Å². The number of piperazine rings is 1. The maximum Gasteiger partial charge on any atom is 0.214 e. The number of aromatic nitrogens is 1. The number of quaternary nitrogens is 1. The van der Waals surface area contributed by atoms with E-state index >= 15 is 0 Å². The highest BCUT2D eigenvalue weighted by molar-refractivity contribution is 7.91. The van der Waals surface area contributed by atoms with Gasteiger partial charge in [0.05, 0.1) is 49.2 Å². The van der Waals surface area contributed by atoms with Crippen LogP contribution in [0.5, 0.6) is 0 Å². The van der Waals surface area contributed by atoms with Crippen LogP contribution < -0.4 is 14.8 Å². The Morgan fingerprint density at radius 3 is 2.43 bits per heavy atom.